The van der Waals surface area contributed by atoms with Gasteiger partial charge in [-0.15, -0.1) is 0 Å². The van der Waals surface area contributed by atoms with Crippen molar-refractivity contribution >= 4 is 11.6 Å². The third-order valence-corrected chi connectivity index (χ3v) is 2.56. The average Bonchev–Trinajstić information content (AvgIpc) is 2.76. The Morgan fingerprint density at radius 1 is 1.47 bits per heavy atom. The number of H-pyrrole nitrogens is 1. The first-order valence-corrected chi connectivity index (χ1v) is 5.31. The van der Waals surface area contributed by atoms with Crippen molar-refractivity contribution in [3.63, 3.8) is 0 Å². The minimum absolute atomic E-state index is 0.183. The molecule has 2 rings (SSSR count). The number of para-hydroxylation sites is 1. The number of benzene rings is 1. The lowest BCUT2D eigenvalue weighted by molar-refractivity contribution is 0.102. The molecule has 0 unspecified atom stereocenters. The van der Waals surface area contributed by atoms with Gasteiger partial charge < -0.3 is 11.1 Å². The minimum atomic E-state index is -0.183. The molecule has 17 heavy (non-hydrogen) atoms. The molecule has 5 heteroatoms. The molecule has 1 amide bonds. The summed E-state index contributed by atoms with van der Waals surface area (Å²) in [6.45, 7) is 2.19. The maximum Gasteiger partial charge on any atom is 0.259 e. The molecule has 2 aromatic rings. The first kappa shape index (κ1) is 11.3. The Bertz CT molecular complexity index is 533. The van der Waals surface area contributed by atoms with E-state index in [-0.39, 0.29) is 5.91 Å². The molecule has 1 aromatic heterocycles. The van der Waals surface area contributed by atoms with Gasteiger partial charge in [0, 0.05) is 17.9 Å². The van der Waals surface area contributed by atoms with Crippen LogP contribution >= 0.6 is 0 Å². The van der Waals surface area contributed by atoms with Crippen LogP contribution in [-0.4, -0.2) is 16.1 Å². The second kappa shape index (κ2) is 4.80. The number of rotatable bonds is 3. The molecular weight excluding hydrogens is 216 g/mol. The Hall–Kier alpha value is -2.14. The van der Waals surface area contributed by atoms with Crippen molar-refractivity contribution in [2.24, 2.45) is 5.73 Å². The molecule has 0 aliphatic rings. The number of carbonyl (C=O) groups is 1. The number of nitrogens with zero attached hydrogens (tertiary/aromatic N) is 1. The fourth-order valence-electron chi connectivity index (χ4n) is 1.59. The first-order valence-electron chi connectivity index (χ1n) is 5.31. The van der Waals surface area contributed by atoms with Crippen molar-refractivity contribution in [3.8, 4) is 0 Å². The summed E-state index contributed by atoms with van der Waals surface area (Å²) in [5, 5.41) is 9.37. The van der Waals surface area contributed by atoms with Crippen LogP contribution in [0.5, 0.6) is 0 Å². The molecule has 0 atom stereocenters. The van der Waals surface area contributed by atoms with Crippen LogP contribution in [0.25, 0.3) is 0 Å². The third kappa shape index (κ3) is 2.34. The van der Waals surface area contributed by atoms with E-state index in [0.717, 1.165) is 16.9 Å². The molecular formula is C12H14N4O. The van der Waals surface area contributed by atoms with Gasteiger partial charge in [0.2, 0.25) is 0 Å². The van der Waals surface area contributed by atoms with E-state index in [1.165, 1.54) is 6.20 Å². The van der Waals surface area contributed by atoms with Gasteiger partial charge in [-0.1, -0.05) is 18.2 Å². The number of aromatic amines is 1. The molecule has 0 bridgehead atoms. The second-order valence-corrected chi connectivity index (χ2v) is 3.72. The number of anilines is 1. The van der Waals surface area contributed by atoms with Crippen molar-refractivity contribution in [1.29, 1.82) is 0 Å². The number of hydrogen-bond donors (Lipinski definition) is 3. The monoisotopic (exact) mass is 230 g/mol. The number of carbonyl (C=O) groups excluding carboxylic acids is 1. The molecule has 88 valence electrons. The summed E-state index contributed by atoms with van der Waals surface area (Å²) in [5.74, 6) is -0.183. The quantitative estimate of drug-likeness (QED) is 0.745. The van der Waals surface area contributed by atoms with E-state index in [4.69, 9.17) is 5.73 Å². The predicted molar refractivity (Wildman–Crippen MR) is 65.6 cm³/mol. The van der Waals surface area contributed by atoms with E-state index < -0.39 is 0 Å². The van der Waals surface area contributed by atoms with Crippen LogP contribution in [0.3, 0.4) is 0 Å². The highest BCUT2D eigenvalue weighted by molar-refractivity contribution is 6.05. The maximum absolute atomic E-state index is 12.0. The van der Waals surface area contributed by atoms with Crippen molar-refractivity contribution in [3.05, 3.63) is 47.3 Å². The van der Waals surface area contributed by atoms with Crippen molar-refractivity contribution < 1.29 is 4.79 Å². The normalized spacial score (nSPS) is 10.2. The number of hydrogen-bond acceptors (Lipinski definition) is 3. The van der Waals surface area contributed by atoms with Gasteiger partial charge in [0.25, 0.3) is 5.91 Å². The van der Waals surface area contributed by atoms with Gasteiger partial charge in [0.1, 0.15) is 0 Å². The smallest absolute Gasteiger partial charge is 0.259 e. The van der Waals surface area contributed by atoms with Crippen LogP contribution in [0.15, 0.2) is 30.5 Å². The van der Waals surface area contributed by atoms with E-state index in [2.05, 4.69) is 15.5 Å². The van der Waals surface area contributed by atoms with Crippen LogP contribution in [-0.2, 0) is 6.54 Å². The SMILES string of the molecule is Cc1[nH]ncc1C(=O)Nc1ccccc1CN. The molecule has 0 radical (unpaired) electrons. The Morgan fingerprint density at radius 3 is 2.88 bits per heavy atom. The largest absolute Gasteiger partial charge is 0.326 e. The number of amides is 1. The van der Waals surface area contributed by atoms with Crippen LogP contribution in [0, 0.1) is 6.92 Å². The summed E-state index contributed by atoms with van der Waals surface area (Å²) in [6, 6.07) is 7.46. The number of nitrogens with one attached hydrogen (secondary N) is 2. The van der Waals surface area contributed by atoms with Gasteiger partial charge in [-0.25, -0.2) is 0 Å². The third-order valence-electron chi connectivity index (χ3n) is 2.56. The first-order chi connectivity index (χ1) is 8.22. The summed E-state index contributed by atoms with van der Waals surface area (Å²) in [7, 11) is 0. The molecule has 0 saturated carbocycles. The molecule has 4 N–H and O–H groups in total. The van der Waals surface area contributed by atoms with Crippen LogP contribution in [0.2, 0.25) is 0 Å². The highest BCUT2D eigenvalue weighted by atomic mass is 16.1. The molecule has 1 aromatic carbocycles. The number of aromatic nitrogens is 2. The van der Waals surface area contributed by atoms with Gasteiger partial charge in [-0.3, -0.25) is 9.89 Å². The second-order valence-electron chi connectivity index (χ2n) is 3.72. The van der Waals surface area contributed by atoms with Gasteiger partial charge in [-0.05, 0) is 18.6 Å². The van der Waals surface area contributed by atoms with E-state index in [1.807, 2.05) is 24.3 Å². The van der Waals surface area contributed by atoms with E-state index in [0.29, 0.717) is 12.1 Å². The van der Waals surface area contributed by atoms with Crippen molar-refractivity contribution in [1.82, 2.24) is 10.2 Å². The van der Waals surface area contributed by atoms with E-state index in [9.17, 15) is 4.79 Å². The summed E-state index contributed by atoms with van der Waals surface area (Å²) < 4.78 is 0. The average molecular weight is 230 g/mol. The van der Waals surface area contributed by atoms with Gasteiger partial charge in [0.15, 0.2) is 0 Å². The molecule has 0 saturated heterocycles. The summed E-state index contributed by atoms with van der Waals surface area (Å²) in [5.41, 5.74) is 8.53. The molecule has 0 aliphatic heterocycles. The molecule has 5 nitrogen and oxygen atoms in total. The zero-order chi connectivity index (χ0) is 12.3. The summed E-state index contributed by atoms with van der Waals surface area (Å²) >= 11 is 0. The topological polar surface area (TPSA) is 83.8 Å². The Kier molecular flexibility index (Phi) is 3.20. The van der Waals surface area contributed by atoms with Crippen LogP contribution in [0.1, 0.15) is 21.6 Å². The van der Waals surface area contributed by atoms with Gasteiger partial charge in [0.05, 0.1) is 11.8 Å². The fraction of sp³-hybridized carbons (Fsp3) is 0.167. The highest BCUT2D eigenvalue weighted by Crippen LogP contribution is 2.15. The van der Waals surface area contributed by atoms with E-state index >= 15 is 0 Å². The van der Waals surface area contributed by atoms with E-state index in [1.54, 1.807) is 6.92 Å². The lowest BCUT2D eigenvalue weighted by atomic mass is 10.1. The van der Waals surface area contributed by atoms with Crippen molar-refractivity contribution in [2.75, 3.05) is 5.32 Å². The summed E-state index contributed by atoms with van der Waals surface area (Å²) in [6.07, 6.45) is 1.51. The number of nitrogens with two attached hydrogens (primary N) is 1. The predicted octanol–water partition coefficient (Wildman–Crippen LogP) is 1.43. The van der Waals surface area contributed by atoms with Crippen molar-refractivity contribution in [2.45, 2.75) is 13.5 Å². The zero-order valence-corrected chi connectivity index (χ0v) is 9.53. The Labute approximate surface area is 99.0 Å². The molecule has 1 heterocycles. The Balaban J connectivity index is 2.22. The Morgan fingerprint density at radius 2 is 2.24 bits per heavy atom. The highest BCUT2D eigenvalue weighted by Gasteiger charge is 2.12. The van der Waals surface area contributed by atoms with Crippen LogP contribution in [0.4, 0.5) is 5.69 Å². The standard InChI is InChI=1S/C12H14N4O/c1-8-10(7-14-16-8)12(17)15-11-5-3-2-4-9(11)6-13/h2-5,7H,6,13H2,1H3,(H,14,16)(H,15,17). The zero-order valence-electron chi connectivity index (χ0n) is 9.53. The maximum atomic E-state index is 12.0. The number of aryl methyl sites for hydroxylation is 1. The fourth-order valence-corrected chi connectivity index (χ4v) is 1.59. The minimum Gasteiger partial charge on any atom is -0.326 e. The molecule has 0 aliphatic carbocycles. The lowest BCUT2D eigenvalue weighted by Gasteiger charge is -2.08. The molecule has 0 fully saturated rings. The summed E-state index contributed by atoms with van der Waals surface area (Å²) in [4.78, 5) is 12.0. The van der Waals surface area contributed by atoms with Gasteiger partial charge >= 0.3 is 0 Å². The lowest BCUT2D eigenvalue weighted by Crippen LogP contribution is -2.14. The molecule has 0 spiro atoms. The van der Waals surface area contributed by atoms with Crippen LogP contribution < -0.4 is 11.1 Å². The van der Waals surface area contributed by atoms with Gasteiger partial charge in [-0.2, -0.15) is 5.10 Å².